The molecule has 0 amide bonds. The lowest BCUT2D eigenvalue weighted by Crippen LogP contribution is -2.54. The highest BCUT2D eigenvalue weighted by Crippen LogP contribution is 2.37. The topological polar surface area (TPSA) is 20.2 Å². The normalized spacial score (nSPS) is 55.5. The SMILES string of the molecule is OC1[C@@H](Cl)[C@H](Cl)C(Cl)[C@@H](Cl)[C@@H]1Cl. The van der Waals surface area contributed by atoms with Crippen LogP contribution in [0.3, 0.4) is 0 Å². The lowest BCUT2D eigenvalue weighted by molar-refractivity contribution is 0.143. The predicted molar refractivity (Wildman–Crippen MR) is 54.2 cm³/mol. The van der Waals surface area contributed by atoms with Gasteiger partial charge in [-0.15, -0.1) is 58.0 Å². The molecule has 4 atom stereocenters. The Morgan fingerprint density at radius 3 is 1.17 bits per heavy atom. The van der Waals surface area contributed by atoms with Gasteiger partial charge in [0, 0.05) is 0 Å². The van der Waals surface area contributed by atoms with E-state index in [1.165, 1.54) is 0 Å². The van der Waals surface area contributed by atoms with Gasteiger partial charge in [0.2, 0.25) is 0 Å². The molecule has 0 unspecified atom stereocenters. The van der Waals surface area contributed by atoms with Gasteiger partial charge in [-0.1, -0.05) is 0 Å². The molecule has 1 fully saturated rings. The minimum absolute atomic E-state index is 0.512. The van der Waals surface area contributed by atoms with Crippen LogP contribution in [-0.2, 0) is 0 Å². The molecule has 0 saturated heterocycles. The van der Waals surface area contributed by atoms with Gasteiger partial charge in [-0.2, -0.15) is 0 Å². The van der Waals surface area contributed by atoms with Crippen molar-refractivity contribution in [1.29, 1.82) is 0 Å². The van der Waals surface area contributed by atoms with Gasteiger partial charge in [0.15, 0.2) is 0 Å². The van der Waals surface area contributed by atoms with Gasteiger partial charge in [0.05, 0.1) is 33.0 Å². The minimum Gasteiger partial charge on any atom is -0.390 e. The Balaban J connectivity index is 2.76. The van der Waals surface area contributed by atoms with E-state index in [4.69, 9.17) is 58.0 Å². The van der Waals surface area contributed by atoms with Crippen LogP contribution in [0.1, 0.15) is 0 Å². The highest BCUT2D eigenvalue weighted by Gasteiger charge is 2.46. The molecule has 0 radical (unpaired) electrons. The van der Waals surface area contributed by atoms with Crippen molar-refractivity contribution in [3.63, 3.8) is 0 Å². The molecule has 1 N–H and O–H groups in total. The van der Waals surface area contributed by atoms with E-state index in [0.717, 1.165) is 0 Å². The Bertz CT molecular complexity index is 107. The first-order valence-corrected chi connectivity index (χ1v) is 5.53. The summed E-state index contributed by atoms with van der Waals surface area (Å²) < 4.78 is 0. The molecular formula is C6H7Cl5O. The van der Waals surface area contributed by atoms with Gasteiger partial charge in [-0.05, 0) is 0 Å². The second-order valence-corrected chi connectivity index (χ2v) is 5.23. The molecule has 0 bridgehead atoms. The standard InChI is InChI=1S/C6H7Cl5O/c7-1-2(8)4(10)6(12)5(11)3(1)9/h1-6,12H/t1?,2-,3-,4+,5+,6?/m1/s1. The van der Waals surface area contributed by atoms with E-state index in [1.54, 1.807) is 0 Å². The summed E-state index contributed by atoms with van der Waals surface area (Å²) in [5.74, 6) is 0. The molecule has 12 heavy (non-hydrogen) atoms. The number of hydrogen-bond acceptors (Lipinski definition) is 1. The summed E-state index contributed by atoms with van der Waals surface area (Å²) in [5, 5.41) is 6.50. The second kappa shape index (κ2) is 4.29. The smallest absolute Gasteiger partial charge is 0.0896 e. The number of alkyl halides is 5. The Morgan fingerprint density at radius 1 is 0.583 bits per heavy atom. The molecule has 0 aromatic heterocycles. The van der Waals surface area contributed by atoms with E-state index in [-0.39, 0.29) is 0 Å². The van der Waals surface area contributed by atoms with Crippen molar-refractivity contribution in [2.75, 3.05) is 0 Å². The molecule has 1 rings (SSSR count). The summed E-state index contributed by atoms with van der Waals surface area (Å²) in [4.78, 5) is 0. The van der Waals surface area contributed by atoms with E-state index in [1.807, 2.05) is 0 Å². The van der Waals surface area contributed by atoms with Crippen LogP contribution in [0.2, 0.25) is 0 Å². The fourth-order valence-corrected chi connectivity index (χ4v) is 2.93. The van der Waals surface area contributed by atoms with Gasteiger partial charge < -0.3 is 5.11 Å². The van der Waals surface area contributed by atoms with Crippen molar-refractivity contribution in [1.82, 2.24) is 0 Å². The zero-order chi connectivity index (χ0) is 9.46. The lowest BCUT2D eigenvalue weighted by atomic mass is 9.95. The Kier molecular flexibility index (Phi) is 4.10. The maximum Gasteiger partial charge on any atom is 0.0896 e. The first-order valence-electron chi connectivity index (χ1n) is 3.35. The average Bonchev–Trinajstić information content (AvgIpc) is 2.08. The Labute approximate surface area is 95.9 Å². The third kappa shape index (κ3) is 1.92. The quantitative estimate of drug-likeness (QED) is 0.671. The molecule has 0 aliphatic heterocycles. The van der Waals surface area contributed by atoms with Crippen LogP contribution in [0.5, 0.6) is 0 Å². The van der Waals surface area contributed by atoms with Crippen LogP contribution < -0.4 is 0 Å². The second-order valence-electron chi connectivity index (χ2n) is 2.71. The molecule has 6 heteroatoms. The van der Waals surface area contributed by atoms with Crippen LogP contribution in [0, 0.1) is 0 Å². The van der Waals surface area contributed by atoms with E-state index in [9.17, 15) is 5.11 Å². The fraction of sp³-hybridized carbons (Fsp3) is 1.00. The van der Waals surface area contributed by atoms with Gasteiger partial charge >= 0.3 is 0 Å². The van der Waals surface area contributed by atoms with E-state index in [2.05, 4.69) is 0 Å². The van der Waals surface area contributed by atoms with Crippen LogP contribution in [0.4, 0.5) is 0 Å². The van der Waals surface area contributed by atoms with Gasteiger partial charge in [-0.3, -0.25) is 0 Å². The highest BCUT2D eigenvalue weighted by molar-refractivity contribution is 6.41. The van der Waals surface area contributed by atoms with Crippen LogP contribution in [0.15, 0.2) is 0 Å². The molecule has 72 valence electrons. The highest BCUT2D eigenvalue weighted by atomic mass is 35.5. The lowest BCUT2D eigenvalue weighted by Gasteiger charge is -2.38. The summed E-state index contributed by atoms with van der Waals surface area (Å²) in [6.45, 7) is 0. The van der Waals surface area contributed by atoms with Crippen LogP contribution in [-0.4, -0.2) is 38.1 Å². The molecule has 0 aromatic rings. The molecule has 1 aliphatic carbocycles. The zero-order valence-corrected chi connectivity index (χ0v) is 9.58. The number of hydrogen-bond donors (Lipinski definition) is 1. The molecule has 0 aromatic carbocycles. The van der Waals surface area contributed by atoms with Crippen LogP contribution >= 0.6 is 58.0 Å². The third-order valence-electron chi connectivity index (χ3n) is 1.87. The summed E-state index contributed by atoms with van der Waals surface area (Å²) in [6.07, 6.45) is -0.909. The maximum absolute atomic E-state index is 9.41. The molecule has 1 nitrogen and oxygen atoms in total. The Hall–Kier alpha value is 1.41. The van der Waals surface area contributed by atoms with E-state index < -0.39 is 33.0 Å². The monoisotopic (exact) mass is 270 g/mol. The maximum atomic E-state index is 9.41. The molecule has 1 saturated carbocycles. The number of aliphatic hydroxyl groups is 1. The van der Waals surface area contributed by atoms with Crippen molar-refractivity contribution in [2.24, 2.45) is 0 Å². The van der Waals surface area contributed by atoms with Gasteiger partial charge in [-0.25, -0.2) is 0 Å². The molecular weight excluding hydrogens is 265 g/mol. The Morgan fingerprint density at radius 2 is 0.833 bits per heavy atom. The summed E-state index contributed by atoms with van der Waals surface area (Å²) in [6, 6.07) is 0. The van der Waals surface area contributed by atoms with Gasteiger partial charge in [0.1, 0.15) is 0 Å². The van der Waals surface area contributed by atoms with Crippen molar-refractivity contribution in [3.8, 4) is 0 Å². The summed E-state index contributed by atoms with van der Waals surface area (Å²) >= 11 is 29.0. The fourth-order valence-electron chi connectivity index (χ4n) is 1.08. The van der Waals surface area contributed by atoms with E-state index >= 15 is 0 Å². The van der Waals surface area contributed by atoms with Crippen molar-refractivity contribution < 1.29 is 5.11 Å². The van der Waals surface area contributed by atoms with Crippen molar-refractivity contribution in [2.45, 2.75) is 33.0 Å². The first kappa shape index (κ1) is 11.5. The minimum atomic E-state index is -0.909. The van der Waals surface area contributed by atoms with Crippen LogP contribution in [0.25, 0.3) is 0 Å². The van der Waals surface area contributed by atoms with E-state index in [0.29, 0.717) is 0 Å². The molecule has 0 spiro atoms. The van der Waals surface area contributed by atoms with Gasteiger partial charge in [0.25, 0.3) is 0 Å². The predicted octanol–water partition coefficient (Wildman–Crippen LogP) is 2.40. The van der Waals surface area contributed by atoms with Crippen molar-refractivity contribution in [3.05, 3.63) is 0 Å². The van der Waals surface area contributed by atoms with Crippen molar-refractivity contribution >= 4 is 58.0 Å². The largest absolute Gasteiger partial charge is 0.390 e. The number of halogens is 5. The summed E-state index contributed by atoms with van der Waals surface area (Å²) in [5.41, 5.74) is 0. The first-order chi connectivity index (χ1) is 5.46. The third-order valence-corrected chi connectivity index (χ3v) is 5.07. The molecule has 0 heterocycles. The number of rotatable bonds is 0. The number of aliphatic hydroxyl groups excluding tert-OH is 1. The average molecular weight is 272 g/mol. The zero-order valence-electron chi connectivity index (χ0n) is 5.80. The summed E-state index contributed by atoms with van der Waals surface area (Å²) in [7, 11) is 0. The molecule has 1 aliphatic rings.